The first-order chi connectivity index (χ1) is 51.3. The van der Waals surface area contributed by atoms with Gasteiger partial charge in [0.2, 0.25) is 17.7 Å². The summed E-state index contributed by atoms with van der Waals surface area (Å²) in [4.78, 5) is 67.7. The smallest absolute Gasteiger partial charge is 0.364 e. The normalized spacial score (nSPS) is 31.2. The van der Waals surface area contributed by atoms with Gasteiger partial charge in [-0.1, -0.05) is 201 Å². The molecule has 4 fully saturated rings. The van der Waals surface area contributed by atoms with E-state index in [0.717, 1.165) is 84.0 Å². The van der Waals surface area contributed by atoms with E-state index in [9.17, 15) is 116 Å². The fraction of sp³-hybridized carbons (Fsp3) is 0.932. The van der Waals surface area contributed by atoms with Crippen molar-refractivity contribution in [2.24, 2.45) is 5.92 Å². The van der Waals surface area contributed by atoms with E-state index in [0.29, 0.717) is 18.8 Å². The van der Waals surface area contributed by atoms with Crippen LogP contribution in [-0.2, 0) is 61.9 Å². The predicted octanol–water partition coefficient (Wildman–Crippen LogP) is -0.0789. The van der Waals surface area contributed by atoms with Gasteiger partial charge in [-0.15, -0.1) is 0 Å². The molecule has 0 bridgehead atoms. The van der Waals surface area contributed by atoms with Gasteiger partial charge in [0.15, 0.2) is 12.6 Å². The standard InChI is InChI=1S/C74H135N3O31/c1-6-7-8-9-10-11-12-13-14-15-16-17-18-19-20-21-26-29-32-35-48(82)68(96)76-46(58(88)47(81)34-31-28-25-23-22-24-27-30-33-43(2)3)40-101-70-65(95)63(93)61(91)53(105-70)41-103-73(71(97)98)37-52(56(75-45(5)80)67(107-73)60(90)51(85)39-79)106-74(72(99)100)36-49(83)55(66(108-74)59(89)50(84)38-78)77-54(86)42-102-69-64(94)62(92)57(87)44(4)104-69/h43-44,46-53,55-67,69-70,78-79,81-85,87-95H,6-42H2,1-5H3,(H,75,80)(H,76,96)(H,77,86)(H,97,98)(H,99,100). The first-order valence-electron chi connectivity index (χ1n) is 39.6. The van der Waals surface area contributed by atoms with Crippen LogP contribution in [0.4, 0.5) is 0 Å². The Morgan fingerprint density at radius 3 is 1.43 bits per heavy atom. The van der Waals surface area contributed by atoms with Gasteiger partial charge < -0.3 is 146 Å². The van der Waals surface area contributed by atoms with E-state index in [1.807, 2.05) is 0 Å². The van der Waals surface area contributed by atoms with Crippen molar-refractivity contribution < 1.29 is 154 Å². The van der Waals surface area contributed by atoms with E-state index in [4.69, 9.17) is 37.9 Å². The lowest BCUT2D eigenvalue weighted by Crippen LogP contribution is -2.72. The van der Waals surface area contributed by atoms with Gasteiger partial charge in [-0.3, -0.25) is 14.4 Å². The van der Waals surface area contributed by atoms with E-state index < -0.39 is 234 Å². The number of carboxylic acids is 2. The first-order valence-corrected chi connectivity index (χ1v) is 39.6. The number of carbonyl (C=O) groups is 5. The molecule has 0 aliphatic carbocycles. The Kier molecular flexibility index (Phi) is 45.3. The fourth-order valence-electron chi connectivity index (χ4n) is 14.2. The highest BCUT2D eigenvalue weighted by molar-refractivity contribution is 5.81. The Morgan fingerprint density at radius 1 is 0.509 bits per heavy atom. The molecule has 0 aromatic heterocycles. The van der Waals surface area contributed by atoms with Gasteiger partial charge in [0.25, 0.3) is 11.6 Å². The van der Waals surface area contributed by atoms with Gasteiger partial charge >= 0.3 is 11.9 Å². The number of aliphatic carboxylic acids is 2. The number of carbonyl (C=O) groups excluding carboxylic acids is 3. The van der Waals surface area contributed by atoms with E-state index in [2.05, 4.69) is 36.7 Å². The summed E-state index contributed by atoms with van der Waals surface area (Å²) in [6.45, 7) is 3.17. The Labute approximate surface area is 634 Å². The number of amides is 3. The summed E-state index contributed by atoms with van der Waals surface area (Å²) in [6, 6.07) is -5.57. The molecule has 0 aromatic rings. The number of hydrogen-bond donors (Lipinski definition) is 21. The van der Waals surface area contributed by atoms with E-state index >= 15 is 0 Å². The molecule has 0 aromatic carbocycles. The molecule has 4 aliphatic heterocycles. The van der Waals surface area contributed by atoms with Crippen LogP contribution in [0.25, 0.3) is 0 Å². The lowest BCUT2D eigenvalue weighted by molar-refractivity contribution is -0.365. The summed E-state index contributed by atoms with van der Waals surface area (Å²) >= 11 is 0. The molecule has 4 aliphatic rings. The molecule has 108 heavy (non-hydrogen) atoms. The van der Waals surface area contributed by atoms with Crippen LogP contribution in [0.2, 0.25) is 0 Å². The third-order valence-electron chi connectivity index (χ3n) is 21.0. The van der Waals surface area contributed by atoms with Crippen LogP contribution >= 0.6 is 0 Å². The zero-order valence-corrected chi connectivity index (χ0v) is 64.0. The Bertz CT molecular complexity index is 2520. The minimum absolute atomic E-state index is 0.0548. The number of nitrogens with one attached hydrogen (secondary N) is 3. The number of aliphatic hydroxyl groups is 16. The molecule has 3 amide bonds. The van der Waals surface area contributed by atoms with Crippen LogP contribution in [-0.4, -0.2) is 313 Å². The molecule has 4 saturated heterocycles. The van der Waals surface area contributed by atoms with Crippen LogP contribution in [0.5, 0.6) is 0 Å². The SMILES string of the molecule is CCCCCCCCCCCCCCCCCCCCCC(O)C(=O)NC(COC1OC(COC2(C(=O)O)CC(OC3(C(=O)O)CC(O)C(NC(=O)COC4OC(C)C(O)C(O)C4O)C(C(O)C(O)CO)O3)C(NC(C)=O)C(C(O)C(O)CO)O2)C(O)C(O)C1O)C(O)C(O)CCCCCCCCCCC(C)C. The molecule has 34 nitrogen and oxygen atoms in total. The minimum Gasteiger partial charge on any atom is -0.477 e. The highest BCUT2D eigenvalue weighted by atomic mass is 16.8. The molecule has 0 saturated carbocycles. The summed E-state index contributed by atoms with van der Waals surface area (Å²) in [5.41, 5.74) is 0. The van der Waals surface area contributed by atoms with Crippen molar-refractivity contribution in [1.82, 2.24) is 16.0 Å². The van der Waals surface area contributed by atoms with Gasteiger partial charge in [0, 0.05) is 19.8 Å². The Hall–Kier alpha value is -3.61. The van der Waals surface area contributed by atoms with Gasteiger partial charge in [-0.05, 0) is 25.7 Å². The third kappa shape index (κ3) is 31.3. The molecule has 26 atom stereocenters. The maximum Gasteiger partial charge on any atom is 0.364 e. The maximum atomic E-state index is 13.8. The van der Waals surface area contributed by atoms with Gasteiger partial charge in [-0.2, -0.15) is 0 Å². The van der Waals surface area contributed by atoms with Crippen LogP contribution in [0.15, 0.2) is 0 Å². The highest BCUT2D eigenvalue weighted by Crippen LogP contribution is 2.42. The average molecular weight is 1560 g/mol. The lowest BCUT2D eigenvalue weighted by Gasteiger charge is -2.52. The fourth-order valence-corrected chi connectivity index (χ4v) is 14.2. The molecule has 632 valence electrons. The summed E-state index contributed by atoms with van der Waals surface area (Å²) in [5.74, 6) is -13.6. The number of unbranched alkanes of at least 4 members (excludes halogenated alkanes) is 25. The Morgan fingerprint density at radius 2 is 0.954 bits per heavy atom. The van der Waals surface area contributed by atoms with Crippen molar-refractivity contribution in [3.8, 4) is 0 Å². The van der Waals surface area contributed by atoms with E-state index in [1.54, 1.807) is 0 Å². The second-order valence-corrected chi connectivity index (χ2v) is 30.5. The molecule has 0 radical (unpaired) electrons. The lowest BCUT2D eigenvalue weighted by atomic mass is 9.86. The largest absolute Gasteiger partial charge is 0.477 e. The van der Waals surface area contributed by atoms with Crippen molar-refractivity contribution in [1.29, 1.82) is 0 Å². The van der Waals surface area contributed by atoms with Gasteiger partial charge in [-0.25, -0.2) is 9.59 Å². The molecule has 26 unspecified atom stereocenters. The first kappa shape index (κ1) is 96.8. The molecular formula is C74H135N3O31. The minimum atomic E-state index is -3.41. The quantitative estimate of drug-likeness (QED) is 0.0354. The highest BCUT2D eigenvalue weighted by Gasteiger charge is 2.63. The van der Waals surface area contributed by atoms with Crippen LogP contribution < -0.4 is 16.0 Å². The van der Waals surface area contributed by atoms with Crippen molar-refractivity contribution in [2.45, 2.75) is 398 Å². The third-order valence-corrected chi connectivity index (χ3v) is 21.0. The number of hydrogen-bond acceptors (Lipinski definition) is 29. The molecule has 4 rings (SSSR count). The summed E-state index contributed by atoms with van der Waals surface area (Å²) in [7, 11) is 0. The van der Waals surface area contributed by atoms with Crippen LogP contribution in [0.3, 0.4) is 0 Å². The van der Waals surface area contributed by atoms with Crippen molar-refractivity contribution in [3.05, 3.63) is 0 Å². The number of aliphatic hydroxyl groups excluding tert-OH is 16. The monoisotopic (exact) mass is 1560 g/mol. The second kappa shape index (κ2) is 50.6. The summed E-state index contributed by atoms with van der Waals surface area (Å²) in [6.07, 6.45) is -14.1. The number of rotatable bonds is 56. The topological polar surface area (TPSA) is 559 Å². The predicted molar refractivity (Wildman–Crippen MR) is 384 cm³/mol. The van der Waals surface area contributed by atoms with Gasteiger partial charge in [0.1, 0.15) is 98.2 Å². The van der Waals surface area contributed by atoms with Crippen LogP contribution in [0.1, 0.15) is 240 Å². The molecule has 21 N–H and O–H groups in total. The van der Waals surface area contributed by atoms with Crippen molar-refractivity contribution >= 4 is 29.7 Å². The van der Waals surface area contributed by atoms with Crippen LogP contribution in [0, 0.1) is 5.92 Å². The van der Waals surface area contributed by atoms with E-state index in [1.165, 1.54) is 96.8 Å². The zero-order chi connectivity index (χ0) is 80.3. The zero-order valence-electron chi connectivity index (χ0n) is 64.0. The van der Waals surface area contributed by atoms with Crippen molar-refractivity contribution in [3.63, 3.8) is 0 Å². The molecule has 34 heteroatoms. The molecule has 0 spiro atoms. The molecule has 4 heterocycles. The number of carboxylic acid groups (broad SMARTS) is 2. The van der Waals surface area contributed by atoms with Gasteiger partial charge in [0.05, 0.1) is 69.0 Å². The average Bonchev–Trinajstić information content (AvgIpc) is 0.743. The number of ether oxygens (including phenoxy) is 8. The Balaban J connectivity index is 1.53. The molecular weight excluding hydrogens is 1430 g/mol. The maximum absolute atomic E-state index is 13.8. The summed E-state index contributed by atoms with van der Waals surface area (Å²) < 4.78 is 46.1. The second-order valence-electron chi connectivity index (χ2n) is 30.5. The summed E-state index contributed by atoms with van der Waals surface area (Å²) in [5, 5.41) is 205. The van der Waals surface area contributed by atoms with E-state index in [-0.39, 0.29) is 12.8 Å². The van der Waals surface area contributed by atoms with Crippen molar-refractivity contribution in [2.75, 3.05) is 33.0 Å².